The normalized spacial score (nSPS) is 9.31. The van der Waals surface area contributed by atoms with Gasteiger partial charge in [-0.05, 0) is 80.1 Å². The van der Waals surface area contributed by atoms with Crippen LogP contribution in [-0.4, -0.2) is 112 Å². The lowest BCUT2D eigenvalue weighted by molar-refractivity contribution is -0.144. The van der Waals surface area contributed by atoms with Crippen LogP contribution in [0.5, 0.6) is 0 Å². The molecule has 0 aliphatic carbocycles. The summed E-state index contributed by atoms with van der Waals surface area (Å²) in [5, 5.41) is 7.60. The number of carboxylic acid groups (broad SMARTS) is 1. The number of ether oxygens (including phenoxy) is 8. The van der Waals surface area contributed by atoms with E-state index in [1.165, 1.54) is 136 Å². The second kappa shape index (κ2) is 85.1. The molecule has 0 saturated heterocycles. The minimum absolute atomic E-state index is 0.0806. The smallest absolute Gasteiger partial charge is 0.333 e. The molecule has 0 radical (unpaired) electrons. The van der Waals surface area contributed by atoms with Gasteiger partial charge in [0.2, 0.25) is 0 Å². The first-order chi connectivity index (χ1) is 42.2. The van der Waals surface area contributed by atoms with Gasteiger partial charge in [-0.15, -0.1) is 0 Å². The van der Waals surface area contributed by atoms with Gasteiger partial charge in [-0.3, -0.25) is 0 Å². The monoisotopic (exact) mass is 1260 g/mol. The minimum atomic E-state index is -0.981. The molecule has 516 valence electrons. The molecule has 1 unspecified atom stereocenters. The maximum Gasteiger partial charge on any atom is 0.333 e. The van der Waals surface area contributed by atoms with Crippen LogP contribution in [0.3, 0.4) is 0 Å². The van der Waals surface area contributed by atoms with Crippen molar-refractivity contribution in [1.82, 2.24) is 0 Å². The maximum atomic E-state index is 11.2. The number of aliphatic carboxylic acids is 1. The summed E-state index contributed by atoms with van der Waals surface area (Å²) in [7, 11) is 2.64. The van der Waals surface area contributed by atoms with Crippen molar-refractivity contribution in [1.29, 1.82) is 0 Å². The molecule has 0 amide bonds. The fraction of sp³-hybridized carbons (Fsp3) is 0.620. The number of esters is 8. The molecule has 18 heteroatoms. The zero-order valence-electron chi connectivity index (χ0n) is 57.9. The third kappa shape index (κ3) is 106. The average Bonchev–Trinajstić information content (AvgIpc) is 3.53. The van der Waals surface area contributed by atoms with Crippen molar-refractivity contribution >= 4 is 53.7 Å². The van der Waals surface area contributed by atoms with Gasteiger partial charge in [-0.1, -0.05) is 216 Å². The van der Waals surface area contributed by atoms with Gasteiger partial charge in [0.1, 0.15) is 6.10 Å². The number of carbonyl (C=O) groups excluding carboxylic acids is 8. The number of carbonyl (C=O) groups is 9. The van der Waals surface area contributed by atoms with E-state index in [0.717, 1.165) is 69.6 Å². The predicted octanol–water partition coefficient (Wildman–Crippen LogP) is 17.1. The van der Waals surface area contributed by atoms with Crippen LogP contribution < -0.4 is 0 Å². The molecular formula is C71H124O18. The highest BCUT2D eigenvalue weighted by Crippen LogP contribution is 2.14. The summed E-state index contributed by atoms with van der Waals surface area (Å²) in [6, 6.07) is 0. The predicted molar refractivity (Wildman–Crippen MR) is 362 cm³/mol. The summed E-state index contributed by atoms with van der Waals surface area (Å²) in [5.41, 5.74) is 1.84. The molecule has 0 aliphatic rings. The Labute approximate surface area is 539 Å². The number of rotatable bonds is 40. The van der Waals surface area contributed by atoms with Crippen LogP contribution in [0.4, 0.5) is 0 Å². The van der Waals surface area contributed by atoms with Crippen LogP contribution in [0.2, 0.25) is 0 Å². The molecule has 18 nitrogen and oxygen atoms in total. The fourth-order valence-corrected chi connectivity index (χ4v) is 5.64. The van der Waals surface area contributed by atoms with Gasteiger partial charge < -0.3 is 43.0 Å². The maximum absolute atomic E-state index is 11.2. The lowest BCUT2D eigenvalue weighted by Gasteiger charge is -2.14. The first-order valence-corrected chi connectivity index (χ1v) is 31.4. The number of carboxylic acids is 1. The molecule has 0 spiro atoms. The van der Waals surface area contributed by atoms with E-state index in [1.54, 1.807) is 41.5 Å². The Balaban J connectivity index is -0.000000122. The van der Waals surface area contributed by atoms with Crippen molar-refractivity contribution in [2.75, 3.05) is 47.3 Å². The Hall–Kier alpha value is -7.11. The van der Waals surface area contributed by atoms with Gasteiger partial charge in [-0.25, -0.2) is 43.2 Å². The Morgan fingerprint density at radius 1 is 0.348 bits per heavy atom. The van der Waals surface area contributed by atoms with Crippen LogP contribution in [-0.2, 0) is 81.0 Å². The number of methoxy groups -OCH3 is 2. The third-order valence-electron chi connectivity index (χ3n) is 10.8. The molecule has 89 heavy (non-hydrogen) atoms. The molecule has 0 aromatic carbocycles. The number of hydrogen-bond donors (Lipinski definition) is 1. The summed E-state index contributed by atoms with van der Waals surface area (Å²) in [6.07, 6.45) is 36.7. The van der Waals surface area contributed by atoms with Gasteiger partial charge in [0.25, 0.3) is 0 Å². The van der Waals surface area contributed by atoms with E-state index in [0.29, 0.717) is 55.3 Å². The largest absolute Gasteiger partial charge is 0.478 e. The van der Waals surface area contributed by atoms with E-state index in [-0.39, 0.29) is 47.9 Å². The zero-order chi connectivity index (χ0) is 70.5. The lowest BCUT2D eigenvalue weighted by Crippen LogP contribution is -2.15. The minimum Gasteiger partial charge on any atom is -0.478 e. The molecule has 0 saturated carbocycles. The zero-order valence-corrected chi connectivity index (χ0v) is 57.9. The van der Waals surface area contributed by atoms with E-state index in [1.807, 2.05) is 13.8 Å². The Morgan fingerprint density at radius 3 is 0.876 bits per heavy atom. The SMILES string of the molecule is C=C(C)C(=O)OC.C=C(C)C(=O)OCC.C=C(C)C(=O)OCCCC.C=C(C)C(=O)OCCCCCCCCCCCCCCCCCC.C=CC(=O)O.C=CC(=O)OC.C=CC(=O)OC(CC)CCCCC.C=CC(=O)OCC.C=CC(=O)OCCCC. The van der Waals surface area contributed by atoms with Crippen molar-refractivity contribution in [2.45, 2.75) is 243 Å². The Morgan fingerprint density at radius 2 is 0.640 bits per heavy atom. The second-order valence-corrected chi connectivity index (χ2v) is 19.4. The Kier molecular flexibility index (Phi) is 96.4. The van der Waals surface area contributed by atoms with Crippen molar-refractivity contribution in [3.8, 4) is 0 Å². The van der Waals surface area contributed by atoms with Gasteiger partial charge in [0.15, 0.2) is 0 Å². The molecule has 0 bridgehead atoms. The van der Waals surface area contributed by atoms with Crippen molar-refractivity contribution in [3.63, 3.8) is 0 Å². The molecule has 0 fully saturated rings. The van der Waals surface area contributed by atoms with E-state index in [9.17, 15) is 43.2 Å². The Bertz CT molecular complexity index is 1890. The van der Waals surface area contributed by atoms with Crippen molar-refractivity contribution in [3.05, 3.63) is 112 Å². The molecule has 1 atom stereocenters. The lowest BCUT2D eigenvalue weighted by atomic mass is 10.0. The van der Waals surface area contributed by atoms with Crippen LogP contribution in [0, 0.1) is 0 Å². The molecule has 0 rings (SSSR count). The summed E-state index contributed by atoms with van der Waals surface area (Å²) in [4.78, 5) is 92.9. The van der Waals surface area contributed by atoms with Crippen molar-refractivity contribution < 1.29 is 86.2 Å². The average molecular weight is 1270 g/mol. The van der Waals surface area contributed by atoms with E-state index >= 15 is 0 Å². The quantitative estimate of drug-likeness (QED) is 0.0259. The highest BCUT2D eigenvalue weighted by atomic mass is 16.6. The highest BCUT2D eigenvalue weighted by molar-refractivity contribution is 5.88. The van der Waals surface area contributed by atoms with Crippen molar-refractivity contribution in [2.24, 2.45) is 0 Å². The number of unbranched alkanes of at least 4 members (excludes halogenated alkanes) is 19. The van der Waals surface area contributed by atoms with Gasteiger partial charge >= 0.3 is 53.7 Å². The number of hydrogen-bond acceptors (Lipinski definition) is 17. The van der Waals surface area contributed by atoms with Gasteiger partial charge in [0, 0.05) is 52.7 Å². The molecule has 1 N–H and O–H groups in total. The fourth-order valence-electron chi connectivity index (χ4n) is 5.64. The first-order valence-electron chi connectivity index (χ1n) is 31.4. The van der Waals surface area contributed by atoms with Crippen LogP contribution in [0.15, 0.2) is 112 Å². The van der Waals surface area contributed by atoms with Crippen LogP contribution in [0.1, 0.15) is 237 Å². The van der Waals surface area contributed by atoms with Crippen LogP contribution >= 0.6 is 0 Å². The van der Waals surface area contributed by atoms with Crippen LogP contribution in [0.25, 0.3) is 0 Å². The summed E-state index contributed by atoms with van der Waals surface area (Å²) in [6.45, 7) is 52.8. The first kappa shape index (κ1) is 101. The van der Waals surface area contributed by atoms with Gasteiger partial charge in [-0.2, -0.15) is 0 Å². The molecular weight excluding hydrogens is 1140 g/mol. The van der Waals surface area contributed by atoms with E-state index in [4.69, 9.17) is 19.3 Å². The van der Waals surface area contributed by atoms with E-state index < -0.39 is 11.9 Å². The molecule has 0 aromatic heterocycles. The standard InChI is InChI=1S/C22H42O2.C11H20O2.C8H14O2.C7H12O2.C6H10O2.2C5H8O2.C4H6O2.C3H4O2/c1-4-5-6-7-8-9-10-11-12-13-14-15-16-17-18-19-20-24-22(23)21(2)3;1-4-7-8-9-10(5-2)13-11(12)6-3;1-4-5-6-10-8(9)7(2)3;1-3-5-6-9-7(8)4-2;1-4-8-6(7)5(2)3;1-4(2)5(6)7-3;1-3-5(6)7-4-2;1-3-4(5)6-2;1-2-3(4)5/h2,4-20H2,1,3H3;6,10H,3-5,7-9H2,1-2H3;2,4-6H2,1,3H3;4H,2-3,5-6H2,1H3;2,4H2,1,3H3;1H2,2-3H3;3H,1,4H2,2H3;3H,1H2,2H3;2H,1H2,(H,4,5). The second-order valence-electron chi connectivity index (χ2n) is 19.4. The summed E-state index contributed by atoms with van der Waals surface area (Å²) < 4.78 is 37.1. The third-order valence-corrected chi connectivity index (χ3v) is 10.8. The molecule has 0 heterocycles. The van der Waals surface area contributed by atoms with Gasteiger partial charge in [0.05, 0.1) is 47.3 Å². The highest BCUT2D eigenvalue weighted by Gasteiger charge is 2.09. The molecule has 0 aliphatic heterocycles. The summed E-state index contributed by atoms with van der Waals surface area (Å²) in [5.74, 6) is -3.56. The molecule has 0 aromatic rings. The summed E-state index contributed by atoms with van der Waals surface area (Å²) >= 11 is 0. The topological polar surface area (TPSA) is 248 Å². The van der Waals surface area contributed by atoms with E-state index in [2.05, 4.69) is 104 Å².